The zero-order chi connectivity index (χ0) is 16.2. The molecule has 3 amide bonds. The van der Waals surface area contributed by atoms with Gasteiger partial charge in [0.2, 0.25) is 17.7 Å². The fourth-order valence-electron chi connectivity index (χ4n) is 2.30. The van der Waals surface area contributed by atoms with Crippen molar-refractivity contribution in [2.75, 3.05) is 6.54 Å². The molecule has 0 spiro atoms. The largest absolute Gasteiger partial charge is 0.368 e. The van der Waals surface area contributed by atoms with E-state index in [0.29, 0.717) is 13.0 Å². The van der Waals surface area contributed by atoms with Gasteiger partial charge >= 0.3 is 0 Å². The van der Waals surface area contributed by atoms with Crippen LogP contribution in [0.2, 0.25) is 0 Å². The van der Waals surface area contributed by atoms with E-state index in [1.54, 1.807) is 13.8 Å². The summed E-state index contributed by atoms with van der Waals surface area (Å²) >= 11 is 6.02. The highest BCUT2D eigenvalue weighted by Crippen LogP contribution is 2.19. The number of carbonyl (C=O) groups excluding carboxylic acids is 3. The van der Waals surface area contributed by atoms with Crippen molar-refractivity contribution in [1.29, 1.82) is 0 Å². The van der Waals surface area contributed by atoms with Crippen molar-refractivity contribution in [2.45, 2.75) is 50.1 Å². The van der Waals surface area contributed by atoms with Gasteiger partial charge in [0.25, 0.3) is 0 Å². The molecule has 0 unspecified atom stereocenters. The predicted octanol–water partition coefficient (Wildman–Crippen LogP) is -0.782. The quantitative estimate of drug-likeness (QED) is 0.459. The number of nitrogens with two attached hydrogens (primary N) is 2. The Kier molecular flexibility index (Phi) is 5.98. The first-order valence-corrected chi connectivity index (χ1v) is 7.30. The second kappa shape index (κ2) is 7.09. The zero-order valence-electron chi connectivity index (χ0n) is 12.3. The van der Waals surface area contributed by atoms with Crippen molar-refractivity contribution in [3.05, 3.63) is 0 Å². The van der Waals surface area contributed by atoms with E-state index in [0.717, 1.165) is 0 Å². The summed E-state index contributed by atoms with van der Waals surface area (Å²) in [7, 11) is 0. The van der Waals surface area contributed by atoms with E-state index in [4.69, 9.17) is 23.1 Å². The summed E-state index contributed by atoms with van der Waals surface area (Å²) in [4.78, 5) is 34.3. The number of primary amides is 1. The Labute approximate surface area is 129 Å². The summed E-state index contributed by atoms with van der Waals surface area (Å²) in [6, 6.07) is -1.74. The zero-order valence-corrected chi connectivity index (χ0v) is 13.1. The van der Waals surface area contributed by atoms with Crippen LogP contribution in [-0.2, 0) is 14.4 Å². The second-order valence-corrected chi connectivity index (χ2v) is 7.03. The maximum absolute atomic E-state index is 12.0. The van der Waals surface area contributed by atoms with Gasteiger partial charge in [0.15, 0.2) is 0 Å². The molecular formula is C13H23ClN4O3. The molecule has 0 aromatic heterocycles. The molecule has 7 nitrogen and oxygen atoms in total. The van der Waals surface area contributed by atoms with Crippen LogP contribution in [0.1, 0.15) is 33.1 Å². The maximum Gasteiger partial charge on any atom is 0.240 e. The monoisotopic (exact) mass is 318 g/mol. The van der Waals surface area contributed by atoms with Crippen LogP contribution in [0.15, 0.2) is 0 Å². The van der Waals surface area contributed by atoms with Crippen LogP contribution in [0, 0.1) is 5.92 Å². The molecule has 0 saturated carbocycles. The normalized spacial score (nSPS) is 21.5. The molecule has 0 aliphatic carbocycles. The predicted molar refractivity (Wildman–Crippen MR) is 79.4 cm³/mol. The first-order valence-electron chi connectivity index (χ1n) is 6.92. The lowest BCUT2D eigenvalue weighted by atomic mass is 9.97. The molecule has 120 valence electrons. The average molecular weight is 319 g/mol. The molecule has 8 heteroatoms. The van der Waals surface area contributed by atoms with Crippen molar-refractivity contribution >= 4 is 29.3 Å². The molecule has 21 heavy (non-hydrogen) atoms. The van der Waals surface area contributed by atoms with Gasteiger partial charge in [-0.25, -0.2) is 0 Å². The minimum Gasteiger partial charge on any atom is -0.368 e. The van der Waals surface area contributed by atoms with Crippen LogP contribution in [0.4, 0.5) is 0 Å². The Morgan fingerprint density at radius 2 is 2.14 bits per heavy atom. The van der Waals surface area contributed by atoms with Gasteiger partial charge in [0, 0.05) is 17.3 Å². The van der Waals surface area contributed by atoms with E-state index < -0.39 is 28.8 Å². The Morgan fingerprint density at radius 1 is 1.52 bits per heavy atom. The Bertz CT molecular complexity index is 422. The van der Waals surface area contributed by atoms with Gasteiger partial charge in [-0.2, -0.15) is 0 Å². The van der Waals surface area contributed by atoms with Gasteiger partial charge in [-0.15, -0.1) is 11.6 Å². The lowest BCUT2D eigenvalue weighted by Gasteiger charge is -2.23. The highest BCUT2D eigenvalue weighted by molar-refractivity contribution is 6.23. The van der Waals surface area contributed by atoms with E-state index in [2.05, 4.69) is 10.6 Å². The molecule has 0 bridgehead atoms. The lowest BCUT2D eigenvalue weighted by molar-refractivity contribution is -0.129. The maximum atomic E-state index is 12.0. The molecule has 1 aliphatic rings. The molecule has 6 N–H and O–H groups in total. The minimum atomic E-state index is -0.907. The van der Waals surface area contributed by atoms with Crippen molar-refractivity contribution in [2.24, 2.45) is 17.4 Å². The van der Waals surface area contributed by atoms with Gasteiger partial charge in [0.05, 0.1) is 6.04 Å². The van der Waals surface area contributed by atoms with Crippen molar-refractivity contribution in [3.8, 4) is 0 Å². The smallest absolute Gasteiger partial charge is 0.240 e. The molecule has 1 rings (SSSR count). The molecule has 0 aromatic carbocycles. The summed E-state index contributed by atoms with van der Waals surface area (Å²) in [5.74, 6) is -1.61. The number of carbonyl (C=O) groups is 3. The van der Waals surface area contributed by atoms with Crippen LogP contribution < -0.4 is 22.1 Å². The Balaban J connectivity index is 2.59. The molecule has 0 aromatic rings. The average Bonchev–Trinajstić information content (AvgIpc) is 2.71. The number of rotatable bonds is 7. The third kappa shape index (κ3) is 5.89. The summed E-state index contributed by atoms with van der Waals surface area (Å²) in [6.07, 6.45) is 1.07. The van der Waals surface area contributed by atoms with Crippen molar-refractivity contribution < 1.29 is 14.4 Å². The van der Waals surface area contributed by atoms with E-state index in [1.165, 1.54) is 0 Å². The van der Waals surface area contributed by atoms with E-state index in [9.17, 15) is 14.4 Å². The van der Waals surface area contributed by atoms with E-state index >= 15 is 0 Å². The molecule has 1 saturated heterocycles. The van der Waals surface area contributed by atoms with Crippen molar-refractivity contribution in [3.63, 3.8) is 0 Å². The number of halogens is 1. The molecule has 1 fully saturated rings. The highest BCUT2D eigenvalue weighted by atomic mass is 35.5. The summed E-state index contributed by atoms with van der Waals surface area (Å²) in [6.45, 7) is 4.06. The first-order chi connectivity index (χ1) is 9.60. The van der Waals surface area contributed by atoms with Gasteiger partial charge in [0.1, 0.15) is 6.04 Å². The summed E-state index contributed by atoms with van der Waals surface area (Å²) in [5.41, 5.74) is 11.0. The van der Waals surface area contributed by atoms with Crippen LogP contribution in [0.3, 0.4) is 0 Å². The first kappa shape index (κ1) is 17.7. The topological polar surface area (TPSA) is 127 Å². The Hall–Kier alpha value is -1.34. The number of nitrogens with one attached hydrogen (secondary N) is 2. The fourth-order valence-corrected chi connectivity index (χ4v) is 2.46. The van der Waals surface area contributed by atoms with E-state index in [-0.39, 0.29) is 24.7 Å². The van der Waals surface area contributed by atoms with Crippen LogP contribution in [0.25, 0.3) is 0 Å². The second-order valence-electron chi connectivity index (χ2n) is 6.01. The molecule has 3 atom stereocenters. The van der Waals surface area contributed by atoms with Crippen LogP contribution in [0.5, 0.6) is 0 Å². The van der Waals surface area contributed by atoms with Gasteiger partial charge in [-0.05, 0) is 33.1 Å². The van der Waals surface area contributed by atoms with Gasteiger partial charge < -0.3 is 22.1 Å². The van der Waals surface area contributed by atoms with Crippen LogP contribution in [-0.4, -0.2) is 41.2 Å². The minimum absolute atomic E-state index is 0.123. The fraction of sp³-hybridized carbons (Fsp3) is 0.769. The summed E-state index contributed by atoms with van der Waals surface area (Å²) < 4.78 is 0. The Morgan fingerprint density at radius 3 is 2.57 bits per heavy atom. The third-order valence-corrected chi connectivity index (χ3v) is 3.54. The van der Waals surface area contributed by atoms with Crippen LogP contribution >= 0.6 is 11.6 Å². The summed E-state index contributed by atoms with van der Waals surface area (Å²) in [5, 5.41) is 5.18. The number of hydrogen-bond donors (Lipinski definition) is 4. The molecule has 1 heterocycles. The number of amides is 3. The number of hydrogen-bond acceptors (Lipinski definition) is 4. The van der Waals surface area contributed by atoms with Crippen molar-refractivity contribution in [1.82, 2.24) is 10.6 Å². The third-order valence-electron chi connectivity index (χ3n) is 3.39. The number of alkyl halides is 1. The SMILES string of the molecule is CC(C)(Cl)C[C@H](N)C(=O)N[C@@H](C[C@@H]1CCNC1=O)C(N)=O. The highest BCUT2D eigenvalue weighted by Gasteiger charge is 2.32. The lowest BCUT2D eigenvalue weighted by Crippen LogP contribution is -2.52. The molecule has 0 radical (unpaired) electrons. The van der Waals surface area contributed by atoms with Gasteiger partial charge in [-0.3, -0.25) is 14.4 Å². The molecular weight excluding hydrogens is 296 g/mol. The van der Waals surface area contributed by atoms with E-state index in [1.807, 2.05) is 0 Å². The standard InChI is InChI=1S/C13H23ClN4O3/c1-13(2,14)6-8(15)12(21)18-9(10(16)19)5-7-3-4-17-11(7)20/h7-9H,3-6,15H2,1-2H3,(H2,16,19)(H,17,20)(H,18,21)/t7-,8-,9-/m0/s1. The molecule has 1 aliphatic heterocycles. The van der Waals surface area contributed by atoms with Gasteiger partial charge in [-0.1, -0.05) is 0 Å².